The minimum absolute atomic E-state index is 0.221. The van der Waals surface area contributed by atoms with Gasteiger partial charge in [-0.2, -0.15) is 0 Å². The molecule has 6 heteroatoms. The second kappa shape index (κ2) is 7.01. The Morgan fingerprint density at radius 2 is 2.04 bits per heavy atom. The molecule has 2 aromatic rings. The average Bonchev–Trinajstić information content (AvgIpc) is 3.25. The highest BCUT2D eigenvalue weighted by Gasteiger charge is 2.38. The molecule has 3 atom stereocenters. The van der Waals surface area contributed by atoms with Crippen molar-refractivity contribution in [1.82, 2.24) is 15.1 Å². The molecule has 2 aliphatic rings. The van der Waals surface area contributed by atoms with Crippen LogP contribution in [-0.4, -0.2) is 52.1 Å². The molecule has 128 valence electrons. The predicted molar refractivity (Wildman–Crippen MR) is 88.1 cm³/mol. The topological polar surface area (TPSA) is 71.6 Å². The molecule has 2 heterocycles. The molecule has 1 aromatic heterocycles. The highest BCUT2D eigenvalue weighted by atomic mass is 16.5. The first-order chi connectivity index (χ1) is 11.8. The molecule has 4 rings (SSSR count). The van der Waals surface area contributed by atoms with Gasteiger partial charge in [-0.3, -0.25) is 4.90 Å². The molecule has 1 saturated heterocycles. The van der Waals surface area contributed by atoms with Crippen molar-refractivity contribution in [2.45, 2.75) is 38.0 Å². The number of ether oxygens (including phenoxy) is 1. The van der Waals surface area contributed by atoms with Gasteiger partial charge in [0.2, 0.25) is 11.8 Å². The zero-order valence-corrected chi connectivity index (χ0v) is 13.7. The molecule has 2 fully saturated rings. The van der Waals surface area contributed by atoms with Crippen molar-refractivity contribution in [2.24, 2.45) is 5.92 Å². The lowest BCUT2D eigenvalue weighted by atomic mass is 9.94. The van der Waals surface area contributed by atoms with E-state index in [2.05, 4.69) is 15.1 Å². The van der Waals surface area contributed by atoms with Gasteiger partial charge in [0, 0.05) is 24.1 Å². The number of hydrogen-bond acceptors (Lipinski definition) is 6. The number of hydrogen-bond donors (Lipinski definition) is 1. The molecular weight excluding hydrogens is 306 g/mol. The first kappa shape index (κ1) is 15.7. The van der Waals surface area contributed by atoms with Crippen LogP contribution < -0.4 is 0 Å². The second-order valence-electron chi connectivity index (χ2n) is 6.64. The Balaban J connectivity index is 1.48. The third-order valence-electron chi connectivity index (χ3n) is 5.13. The third kappa shape index (κ3) is 3.22. The molecule has 1 saturated carbocycles. The van der Waals surface area contributed by atoms with E-state index in [1.54, 1.807) is 0 Å². The van der Waals surface area contributed by atoms with Gasteiger partial charge in [-0.1, -0.05) is 24.6 Å². The fraction of sp³-hybridized carbons (Fsp3) is 0.556. The summed E-state index contributed by atoms with van der Waals surface area (Å²) in [6.07, 6.45) is 2.83. The molecule has 1 aromatic carbocycles. The minimum atomic E-state index is -0.221. The largest absolute Gasteiger partial charge is 0.419 e. The van der Waals surface area contributed by atoms with E-state index in [0.29, 0.717) is 31.5 Å². The van der Waals surface area contributed by atoms with Crippen LogP contribution in [-0.2, 0) is 11.3 Å². The number of aliphatic hydroxyl groups is 1. The van der Waals surface area contributed by atoms with Gasteiger partial charge < -0.3 is 14.3 Å². The summed E-state index contributed by atoms with van der Waals surface area (Å²) in [4.78, 5) is 2.32. The molecule has 24 heavy (non-hydrogen) atoms. The van der Waals surface area contributed by atoms with Crippen LogP contribution in [0.5, 0.6) is 0 Å². The second-order valence-corrected chi connectivity index (χ2v) is 6.64. The van der Waals surface area contributed by atoms with E-state index in [9.17, 15) is 5.11 Å². The quantitative estimate of drug-likeness (QED) is 0.926. The van der Waals surface area contributed by atoms with Crippen LogP contribution in [0.1, 0.15) is 25.2 Å². The van der Waals surface area contributed by atoms with Crippen molar-refractivity contribution in [3.63, 3.8) is 0 Å². The predicted octanol–water partition coefficient (Wildman–Crippen LogP) is 2.10. The van der Waals surface area contributed by atoms with Crippen LogP contribution in [0, 0.1) is 5.92 Å². The maximum Gasteiger partial charge on any atom is 0.247 e. The average molecular weight is 329 g/mol. The van der Waals surface area contributed by atoms with Crippen LogP contribution in [0.4, 0.5) is 0 Å². The summed E-state index contributed by atoms with van der Waals surface area (Å²) in [6.45, 7) is 2.81. The Labute approximate surface area is 141 Å². The summed E-state index contributed by atoms with van der Waals surface area (Å²) in [6, 6.07) is 10.0. The monoisotopic (exact) mass is 329 g/mol. The lowest BCUT2D eigenvalue weighted by Crippen LogP contribution is -2.50. The minimum Gasteiger partial charge on any atom is -0.419 e. The Morgan fingerprint density at radius 3 is 2.83 bits per heavy atom. The summed E-state index contributed by atoms with van der Waals surface area (Å²) < 4.78 is 11.5. The molecule has 1 N–H and O–H groups in total. The third-order valence-corrected chi connectivity index (χ3v) is 5.13. The normalized spacial score (nSPS) is 28.3. The zero-order valence-electron chi connectivity index (χ0n) is 13.7. The van der Waals surface area contributed by atoms with Crippen molar-refractivity contribution in [2.75, 3.05) is 19.8 Å². The molecule has 0 spiro atoms. The first-order valence-electron chi connectivity index (χ1n) is 8.69. The van der Waals surface area contributed by atoms with E-state index in [4.69, 9.17) is 9.15 Å². The van der Waals surface area contributed by atoms with Crippen LogP contribution in [0.25, 0.3) is 11.5 Å². The van der Waals surface area contributed by atoms with Gasteiger partial charge in [0.25, 0.3) is 0 Å². The van der Waals surface area contributed by atoms with Crippen molar-refractivity contribution >= 4 is 0 Å². The fourth-order valence-electron chi connectivity index (χ4n) is 3.85. The summed E-state index contributed by atoms with van der Waals surface area (Å²) in [5, 5.41) is 18.6. The van der Waals surface area contributed by atoms with Crippen molar-refractivity contribution in [1.29, 1.82) is 0 Å². The maximum absolute atomic E-state index is 10.2. The Kier molecular flexibility index (Phi) is 4.60. The number of aromatic nitrogens is 2. The van der Waals surface area contributed by atoms with Gasteiger partial charge in [-0.05, 0) is 25.0 Å². The van der Waals surface area contributed by atoms with E-state index >= 15 is 0 Å². The summed E-state index contributed by atoms with van der Waals surface area (Å²) in [5.41, 5.74) is 0.931. The van der Waals surface area contributed by atoms with Gasteiger partial charge in [0.15, 0.2) is 0 Å². The number of benzene rings is 1. The summed E-state index contributed by atoms with van der Waals surface area (Å²) >= 11 is 0. The molecule has 1 aliphatic carbocycles. The molecule has 0 amide bonds. The number of nitrogens with zero attached hydrogens (tertiary/aromatic N) is 3. The number of morpholine rings is 1. The molecule has 0 unspecified atom stereocenters. The van der Waals surface area contributed by atoms with Crippen molar-refractivity contribution in [3.05, 3.63) is 36.2 Å². The Morgan fingerprint density at radius 1 is 1.17 bits per heavy atom. The van der Waals surface area contributed by atoms with E-state index in [-0.39, 0.29) is 18.1 Å². The van der Waals surface area contributed by atoms with Gasteiger partial charge in [0.05, 0.1) is 25.9 Å². The smallest absolute Gasteiger partial charge is 0.247 e. The maximum atomic E-state index is 10.2. The van der Waals surface area contributed by atoms with Gasteiger partial charge in [-0.25, -0.2) is 0 Å². The summed E-state index contributed by atoms with van der Waals surface area (Å²) in [7, 11) is 0. The van der Waals surface area contributed by atoms with Crippen LogP contribution >= 0.6 is 0 Å². The molecule has 6 nitrogen and oxygen atoms in total. The number of rotatable bonds is 4. The lowest BCUT2D eigenvalue weighted by molar-refractivity contribution is -0.0562. The van der Waals surface area contributed by atoms with Gasteiger partial charge in [-0.15, -0.1) is 10.2 Å². The van der Waals surface area contributed by atoms with Gasteiger partial charge in [0.1, 0.15) is 0 Å². The molecular formula is C18H23N3O3. The Bertz CT molecular complexity index is 661. The Hall–Kier alpha value is -1.76. The van der Waals surface area contributed by atoms with Gasteiger partial charge >= 0.3 is 0 Å². The van der Waals surface area contributed by atoms with E-state index < -0.39 is 0 Å². The summed E-state index contributed by atoms with van der Waals surface area (Å²) in [5.74, 6) is 1.45. The van der Waals surface area contributed by atoms with Crippen LogP contribution in [0.2, 0.25) is 0 Å². The zero-order chi connectivity index (χ0) is 16.4. The molecule has 1 aliphatic heterocycles. The standard InChI is InChI=1S/C18H23N3O3/c22-16-8-4-7-14(16)15-12-23-10-9-21(15)11-17-19-20-18(24-17)13-5-2-1-3-6-13/h1-3,5-6,14-16,22H,4,7-12H2/t14-,15-,16-/m1/s1. The van der Waals surface area contributed by atoms with Crippen LogP contribution in [0.3, 0.4) is 0 Å². The lowest BCUT2D eigenvalue weighted by Gasteiger charge is -2.39. The molecule has 0 radical (unpaired) electrons. The van der Waals surface area contributed by atoms with E-state index in [0.717, 1.165) is 31.4 Å². The fourth-order valence-corrected chi connectivity index (χ4v) is 3.85. The first-order valence-corrected chi connectivity index (χ1v) is 8.69. The highest BCUT2D eigenvalue weighted by Crippen LogP contribution is 2.32. The molecule has 0 bridgehead atoms. The SMILES string of the molecule is O[C@@H]1CCC[C@@H]1[C@H]1COCCN1Cc1nnc(-c2ccccc2)o1. The van der Waals surface area contributed by atoms with Crippen LogP contribution in [0.15, 0.2) is 34.7 Å². The van der Waals surface area contributed by atoms with E-state index in [1.165, 1.54) is 0 Å². The highest BCUT2D eigenvalue weighted by molar-refractivity contribution is 5.51. The van der Waals surface area contributed by atoms with E-state index in [1.807, 2.05) is 30.3 Å². The van der Waals surface area contributed by atoms with Crippen molar-refractivity contribution < 1.29 is 14.3 Å². The van der Waals surface area contributed by atoms with Crippen molar-refractivity contribution in [3.8, 4) is 11.5 Å². The number of aliphatic hydroxyl groups excluding tert-OH is 1.